The van der Waals surface area contributed by atoms with Crippen molar-refractivity contribution < 1.29 is 4.84 Å². The number of hydrogen-bond donors (Lipinski definition) is 0. The molecule has 0 radical (unpaired) electrons. The largest absolute Gasteiger partial charge is 0.391 e. The van der Waals surface area contributed by atoms with E-state index in [1.807, 2.05) is 24.3 Å². The van der Waals surface area contributed by atoms with Crippen LogP contribution in [-0.2, 0) is 4.84 Å². The predicted octanol–water partition coefficient (Wildman–Crippen LogP) is 3.59. The number of hydrogen-bond acceptors (Lipinski definition) is 2. The molecule has 0 saturated carbocycles. The molecule has 2 atom stereocenters. The Labute approximate surface area is 107 Å². The van der Waals surface area contributed by atoms with Gasteiger partial charge in [0.15, 0.2) is 0 Å². The van der Waals surface area contributed by atoms with E-state index in [1.54, 1.807) is 0 Å². The van der Waals surface area contributed by atoms with Crippen LogP contribution in [0.2, 0.25) is 0 Å². The summed E-state index contributed by atoms with van der Waals surface area (Å²) in [6.45, 7) is 2.07. The third-order valence-corrected chi connectivity index (χ3v) is 3.31. The van der Waals surface area contributed by atoms with Gasteiger partial charge in [-0.2, -0.15) is 0 Å². The maximum atomic E-state index is 5.47. The summed E-state index contributed by atoms with van der Waals surface area (Å²) >= 11 is 0. The van der Waals surface area contributed by atoms with Crippen LogP contribution in [0.25, 0.3) is 0 Å². The molecule has 0 fully saturated rings. The van der Waals surface area contributed by atoms with Gasteiger partial charge in [-0.05, 0) is 12.5 Å². The van der Waals surface area contributed by atoms with Crippen molar-refractivity contribution in [2.75, 3.05) is 0 Å². The van der Waals surface area contributed by atoms with Crippen molar-refractivity contribution in [3.63, 3.8) is 0 Å². The van der Waals surface area contributed by atoms with Crippen LogP contribution >= 0.6 is 0 Å². The Balaban J connectivity index is 2.00. The SMILES string of the molecule is C[C@@H]1ON=C(c2ccccc2)[C@H]1c1ccccc1. The molecule has 2 aromatic rings. The lowest BCUT2D eigenvalue weighted by Gasteiger charge is -2.15. The molecule has 1 aliphatic rings. The van der Waals surface area contributed by atoms with Crippen LogP contribution < -0.4 is 0 Å². The van der Waals surface area contributed by atoms with Gasteiger partial charge in [0, 0.05) is 5.56 Å². The monoisotopic (exact) mass is 237 g/mol. The van der Waals surface area contributed by atoms with Gasteiger partial charge in [-0.25, -0.2) is 0 Å². The average Bonchev–Trinajstić information content (AvgIpc) is 2.83. The standard InChI is InChI=1S/C16H15NO/c1-12-15(13-8-4-2-5-9-13)16(17-18-12)14-10-6-3-7-11-14/h2-12,15H,1H3/t12-,15+/m0/s1. The molecule has 1 aliphatic heterocycles. The maximum Gasteiger partial charge on any atom is 0.137 e. The first-order valence-electron chi connectivity index (χ1n) is 6.20. The van der Waals surface area contributed by atoms with E-state index in [2.05, 4.69) is 48.5 Å². The molecule has 0 aliphatic carbocycles. The Hall–Kier alpha value is -2.09. The number of rotatable bonds is 2. The van der Waals surface area contributed by atoms with E-state index in [0.29, 0.717) is 0 Å². The molecular formula is C16H15NO. The molecule has 0 amide bonds. The molecule has 18 heavy (non-hydrogen) atoms. The van der Waals surface area contributed by atoms with Crippen LogP contribution in [0.3, 0.4) is 0 Å². The van der Waals surface area contributed by atoms with Crippen molar-refractivity contribution in [2.24, 2.45) is 5.16 Å². The normalized spacial score (nSPS) is 22.4. The zero-order valence-corrected chi connectivity index (χ0v) is 10.3. The van der Waals surface area contributed by atoms with Gasteiger partial charge in [0.05, 0.1) is 11.6 Å². The Morgan fingerprint density at radius 3 is 2.17 bits per heavy atom. The van der Waals surface area contributed by atoms with Gasteiger partial charge in [-0.3, -0.25) is 0 Å². The van der Waals surface area contributed by atoms with Crippen LogP contribution in [0.4, 0.5) is 0 Å². The first-order valence-corrected chi connectivity index (χ1v) is 6.20. The molecule has 0 spiro atoms. The van der Waals surface area contributed by atoms with Gasteiger partial charge < -0.3 is 4.84 Å². The summed E-state index contributed by atoms with van der Waals surface area (Å²) < 4.78 is 0. The molecule has 90 valence electrons. The minimum atomic E-state index is 0.0857. The lowest BCUT2D eigenvalue weighted by atomic mass is 9.87. The van der Waals surface area contributed by atoms with E-state index in [0.717, 1.165) is 11.3 Å². The Morgan fingerprint density at radius 1 is 0.889 bits per heavy atom. The van der Waals surface area contributed by atoms with E-state index < -0.39 is 0 Å². The summed E-state index contributed by atoms with van der Waals surface area (Å²) in [5.74, 6) is 0.216. The summed E-state index contributed by atoms with van der Waals surface area (Å²) in [5, 5.41) is 4.26. The molecule has 2 heteroatoms. The van der Waals surface area contributed by atoms with Gasteiger partial charge in [0.25, 0.3) is 0 Å². The second kappa shape index (κ2) is 4.65. The van der Waals surface area contributed by atoms with Crippen molar-refractivity contribution in [3.05, 3.63) is 71.8 Å². The molecule has 3 rings (SSSR count). The third kappa shape index (κ3) is 1.90. The van der Waals surface area contributed by atoms with E-state index in [9.17, 15) is 0 Å². The fraction of sp³-hybridized carbons (Fsp3) is 0.188. The Bertz CT molecular complexity index is 548. The molecule has 0 unspecified atom stereocenters. The predicted molar refractivity (Wildman–Crippen MR) is 72.7 cm³/mol. The third-order valence-electron chi connectivity index (χ3n) is 3.31. The van der Waals surface area contributed by atoms with Gasteiger partial charge in [-0.1, -0.05) is 65.8 Å². The van der Waals surface area contributed by atoms with Gasteiger partial charge in [0.2, 0.25) is 0 Å². The number of nitrogens with zero attached hydrogens (tertiary/aromatic N) is 1. The van der Waals surface area contributed by atoms with Crippen molar-refractivity contribution in [1.29, 1.82) is 0 Å². The first-order chi connectivity index (χ1) is 8.86. The zero-order chi connectivity index (χ0) is 12.4. The lowest BCUT2D eigenvalue weighted by molar-refractivity contribution is 0.0905. The maximum absolute atomic E-state index is 5.47. The molecule has 1 heterocycles. The molecular weight excluding hydrogens is 222 g/mol. The van der Waals surface area contributed by atoms with E-state index in [-0.39, 0.29) is 12.0 Å². The summed E-state index contributed by atoms with van der Waals surface area (Å²) in [6, 6.07) is 20.6. The van der Waals surface area contributed by atoms with Crippen LogP contribution in [-0.4, -0.2) is 11.8 Å². The summed E-state index contributed by atoms with van der Waals surface area (Å²) in [4.78, 5) is 5.47. The highest BCUT2D eigenvalue weighted by atomic mass is 16.6. The molecule has 2 nitrogen and oxygen atoms in total. The second-order valence-corrected chi connectivity index (χ2v) is 4.54. The summed E-state index contributed by atoms with van der Waals surface area (Å²) in [7, 11) is 0. The average molecular weight is 237 g/mol. The minimum absolute atomic E-state index is 0.0857. The molecule has 0 bridgehead atoms. The van der Waals surface area contributed by atoms with Crippen LogP contribution in [0.5, 0.6) is 0 Å². The highest BCUT2D eigenvalue weighted by Crippen LogP contribution is 2.31. The molecule has 0 saturated heterocycles. The van der Waals surface area contributed by atoms with Crippen LogP contribution in [0.15, 0.2) is 65.8 Å². The molecule has 0 N–H and O–H groups in total. The zero-order valence-electron chi connectivity index (χ0n) is 10.3. The summed E-state index contributed by atoms with van der Waals surface area (Å²) in [6.07, 6.45) is 0.0857. The smallest absolute Gasteiger partial charge is 0.137 e. The van der Waals surface area contributed by atoms with Crippen molar-refractivity contribution in [1.82, 2.24) is 0 Å². The van der Waals surface area contributed by atoms with Crippen LogP contribution in [0, 0.1) is 0 Å². The highest BCUT2D eigenvalue weighted by molar-refractivity contribution is 6.06. The quantitative estimate of drug-likeness (QED) is 0.782. The van der Waals surface area contributed by atoms with E-state index in [4.69, 9.17) is 4.84 Å². The van der Waals surface area contributed by atoms with Crippen LogP contribution in [0.1, 0.15) is 24.0 Å². The number of benzene rings is 2. The second-order valence-electron chi connectivity index (χ2n) is 4.54. The van der Waals surface area contributed by atoms with Crippen molar-refractivity contribution >= 4 is 5.71 Å². The minimum Gasteiger partial charge on any atom is -0.391 e. The lowest BCUT2D eigenvalue weighted by Crippen LogP contribution is -2.19. The van der Waals surface area contributed by atoms with Crippen molar-refractivity contribution in [2.45, 2.75) is 18.9 Å². The first kappa shape index (κ1) is 11.0. The van der Waals surface area contributed by atoms with Gasteiger partial charge in [0.1, 0.15) is 6.10 Å². The highest BCUT2D eigenvalue weighted by Gasteiger charge is 2.32. The topological polar surface area (TPSA) is 21.6 Å². The molecule has 0 aromatic heterocycles. The fourth-order valence-corrected chi connectivity index (χ4v) is 2.41. The van der Waals surface area contributed by atoms with E-state index in [1.165, 1.54) is 5.56 Å². The summed E-state index contributed by atoms with van der Waals surface area (Å²) in [5.41, 5.74) is 3.41. The Morgan fingerprint density at radius 2 is 1.50 bits per heavy atom. The molecule has 2 aromatic carbocycles. The Kier molecular flexibility index (Phi) is 2.85. The van der Waals surface area contributed by atoms with E-state index >= 15 is 0 Å². The van der Waals surface area contributed by atoms with Gasteiger partial charge in [-0.15, -0.1) is 0 Å². The van der Waals surface area contributed by atoms with Gasteiger partial charge >= 0.3 is 0 Å². The van der Waals surface area contributed by atoms with Crippen molar-refractivity contribution in [3.8, 4) is 0 Å². The fourth-order valence-electron chi connectivity index (χ4n) is 2.41. The number of oxime groups is 1.